The molecule has 0 saturated carbocycles. The zero-order valence-electron chi connectivity index (χ0n) is 11.7. The van der Waals surface area contributed by atoms with E-state index in [0.717, 1.165) is 0 Å². The molecule has 1 nitrogen and oxygen atoms in total. The fourth-order valence-corrected chi connectivity index (χ4v) is 3.70. The molecule has 0 amide bonds. The Kier molecular flexibility index (Phi) is 3.00. The first-order chi connectivity index (χ1) is 10.3. The summed E-state index contributed by atoms with van der Waals surface area (Å²) in [5.74, 6) is 0. The fourth-order valence-electron chi connectivity index (χ4n) is 3.07. The molecule has 0 saturated heterocycles. The SMILES string of the molecule is Cc1cccc2c3ccccc3n(-c3ccccc3I)c12. The standard InChI is InChI=1S/C19H14IN/c1-13-7-6-9-15-14-8-2-4-11-17(14)21(19(13)15)18-12-5-3-10-16(18)20/h2-12H,1H3. The molecule has 0 atom stereocenters. The number of para-hydroxylation sites is 3. The maximum atomic E-state index is 2.42. The van der Waals surface area contributed by atoms with Gasteiger partial charge in [0.15, 0.2) is 0 Å². The van der Waals surface area contributed by atoms with Gasteiger partial charge < -0.3 is 4.57 Å². The van der Waals surface area contributed by atoms with Gasteiger partial charge in [0.05, 0.1) is 16.7 Å². The zero-order chi connectivity index (χ0) is 14.4. The van der Waals surface area contributed by atoms with Gasteiger partial charge in [0.25, 0.3) is 0 Å². The van der Waals surface area contributed by atoms with Crippen LogP contribution in [0.1, 0.15) is 5.56 Å². The highest BCUT2D eigenvalue weighted by atomic mass is 127. The van der Waals surface area contributed by atoms with E-state index in [1.54, 1.807) is 0 Å². The van der Waals surface area contributed by atoms with E-state index in [9.17, 15) is 0 Å². The van der Waals surface area contributed by atoms with Crippen molar-refractivity contribution in [3.05, 3.63) is 75.9 Å². The number of halogens is 1. The summed E-state index contributed by atoms with van der Waals surface area (Å²) in [5, 5.41) is 2.64. The maximum absolute atomic E-state index is 2.42. The van der Waals surface area contributed by atoms with Crippen LogP contribution in [0.15, 0.2) is 66.7 Å². The number of fused-ring (bicyclic) bond motifs is 3. The Labute approximate surface area is 137 Å². The molecule has 4 rings (SSSR count). The van der Waals surface area contributed by atoms with E-state index in [2.05, 4.69) is 101 Å². The number of benzene rings is 3. The Bertz CT molecular complexity index is 966. The Hall–Kier alpha value is -1.81. The van der Waals surface area contributed by atoms with Crippen molar-refractivity contribution in [2.24, 2.45) is 0 Å². The Morgan fingerprint density at radius 2 is 1.48 bits per heavy atom. The van der Waals surface area contributed by atoms with E-state index in [1.165, 1.54) is 36.6 Å². The highest BCUT2D eigenvalue weighted by molar-refractivity contribution is 14.1. The molecule has 102 valence electrons. The number of hydrogen-bond acceptors (Lipinski definition) is 0. The minimum Gasteiger partial charge on any atom is -0.308 e. The summed E-state index contributed by atoms with van der Waals surface area (Å²) >= 11 is 2.42. The van der Waals surface area contributed by atoms with Gasteiger partial charge in [0.2, 0.25) is 0 Å². The lowest BCUT2D eigenvalue weighted by Gasteiger charge is -2.11. The molecule has 0 fully saturated rings. The predicted octanol–water partition coefficient (Wildman–Crippen LogP) is 5.70. The summed E-state index contributed by atoms with van der Waals surface area (Å²) in [4.78, 5) is 0. The second-order valence-corrected chi connectivity index (χ2v) is 6.44. The number of nitrogens with zero attached hydrogens (tertiary/aromatic N) is 1. The smallest absolute Gasteiger partial charge is 0.0595 e. The Balaban J connectivity index is 2.28. The summed E-state index contributed by atoms with van der Waals surface area (Å²) in [7, 11) is 0. The molecule has 4 aromatic rings. The van der Waals surface area contributed by atoms with Gasteiger partial charge in [-0.05, 0) is 53.3 Å². The van der Waals surface area contributed by atoms with E-state index in [4.69, 9.17) is 0 Å². The lowest BCUT2D eigenvalue weighted by Crippen LogP contribution is -1.97. The first kappa shape index (κ1) is 12.9. The molecule has 0 spiro atoms. The third-order valence-corrected chi connectivity index (χ3v) is 4.90. The number of rotatable bonds is 1. The second kappa shape index (κ2) is 4.88. The molecule has 0 bridgehead atoms. The molecule has 3 aromatic carbocycles. The van der Waals surface area contributed by atoms with Crippen LogP contribution in [0.2, 0.25) is 0 Å². The maximum Gasteiger partial charge on any atom is 0.0595 e. The summed E-state index contributed by atoms with van der Waals surface area (Å²) in [5.41, 5.74) is 5.13. The molecule has 0 unspecified atom stereocenters. The topological polar surface area (TPSA) is 4.93 Å². The normalized spacial score (nSPS) is 11.3. The van der Waals surface area contributed by atoms with Crippen molar-refractivity contribution < 1.29 is 0 Å². The van der Waals surface area contributed by atoms with Crippen LogP contribution in [0, 0.1) is 10.5 Å². The number of aromatic nitrogens is 1. The minimum atomic E-state index is 1.25. The van der Waals surface area contributed by atoms with E-state index in [0.29, 0.717) is 0 Å². The van der Waals surface area contributed by atoms with Gasteiger partial charge in [0.1, 0.15) is 0 Å². The first-order valence-corrected chi connectivity index (χ1v) is 8.09. The van der Waals surface area contributed by atoms with Crippen molar-refractivity contribution >= 4 is 44.4 Å². The quantitative estimate of drug-likeness (QED) is 0.372. The average Bonchev–Trinajstić information content (AvgIpc) is 2.84. The molecule has 0 aliphatic carbocycles. The van der Waals surface area contributed by atoms with E-state index in [1.807, 2.05) is 0 Å². The molecule has 0 N–H and O–H groups in total. The monoisotopic (exact) mass is 383 g/mol. The molecule has 21 heavy (non-hydrogen) atoms. The van der Waals surface area contributed by atoms with Crippen LogP contribution in [0.3, 0.4) is 0 Å². The third kappa shape index (κ3) is 1.89. The van der Waals surface area contributed by atoms with Crippen molar-refractivity contribution in [3.8, 4) is 5.69 Å². The van der Waals surface area contributed by atoms with Crippen molar-refractivity contribution in [3.63, 3.8) is 0 Å². The van der Waals surface area contributed by atoms with Crippen LogP contribution in [0.5, 0.6) is 0 Å². The minimum absolute atomic E-state index is 1.25. The van der Waals surface area contributed by atoms with Crippen molar-refractivity contribution in [2.75, 3.05) is 0 Å². The molecular weight excluding hydrogens is 369 g/mol. The summed E-state index contributed by atoms with van der Waals surface area (Å²) in [6, 6.07) is 23.8. The van der Waals surface area contributed by atoms with Gasteiger partial charge in [-0.1, -0.05) is 48.5 Å². The lowest BCUT2D eigenvalue weighted by molar-refractivity contribution is 1.16. The van der Waals surface area contributed by atoms with Crippen LogP contribution < -0.4 is 0 Å². The largest absolute Gasteiger partial charge is 0.308 e. The lowest BCUT2D eigenvalue weighted by atomic mass is 10.1. The molecule has 0 radical (unpaired) electrons. The predicted molar refractivity (Wildman–Crippen MR) is 98.2 cm³/mol. The highest BCUT2D eigenvalue weighted by Gasteiger charge is 2.14. The van der Waals surface area contributed by atoms with Crippen LogP contribution in [0.25, 0.3) is 27.5 Å². The van der Waals surface area contributed by atoms with E-state index >= 15 is 0 Å². The first-order valence-electron chi connectivity index (χ1n) is 7.01. The molecule has 0 aliphatic heterocycles. The van der Waals surface area contributed by atoms with Crippen molar-refractivity contribution in [1.29, 1.82) is 0 Å². The molecule has 2 heteroatoms. The average molecular weight is 383 g/mol. The van der Waals surface area contributed by atoms with Gasteiger partial charge in [-0.3, -0.25) is 0 Å². The van der Waals surface area contributed by atoms with Gasteiger partial charge in [0, 0.05) is 14.3 Å². The number of hydrogen-bond donors (Lipinski definition) is 0. The Morgan fingerprint density at radius 3 is 2.33 bits per heavy atom. The molecular formula is C19H14IN. The van der Waals surface area contributed by atoms with Gasteiger partial charge in [-0.25, -0.2) is 0 Å². The molecule has 1 heterocycles. The van der Waals surface area contributed by atoms with Gasteiger partial charge >= 0.3 is 0 Å². The molecule has 1 aromatic heterocycles. The third-order valence-electron chi connectivity index (χ3n) is 3.99. The summed E-state index contributed by atoms with van der Waals surface area (Å²) in [6.07, 6.45) is 0. The number of aryl methyl sites for hydroxylation is 1. The van der Waals surface area contributed by atoms with Gasteiger partial charge in [-0.15, -0.1) is 0 Å². The van der Waals surface area contributed by atoms with Gasteiger partial charge in [-0.2, -0.15) is 0 Å². The molecule has 0 aliphatic rings. The van der Waals surface area contributed by atoms with Crippen LogP contribution in [0.4, 0.5) is 0 Å². The van der Waals surface area contributed by atoms with Crippen molar-refractivity contribution in [2.45, 2.75) is 6.92 Å². The van der Waals surface area contributed by atoms with Crippen LogP contribution in [-0.2, 0) is 0 Å². The van der Waals surface area contributed by atoms with E-state index in [-0.39, 0.29) is 0 Å². The highest BCUT2D eigenvalue weighted by Crippen LogP contribution is 2.34. The fraction of sp³-hybridized carbons (Fsp3) is 0.0526. The summed E-state index contributed by atoms with van der Waals surface area (Å²) < 4.78 is 3.66. The van der Waals surface area contributed by atoms with E-state index < -0.39 is 0 Å². The zero-order valence-corrected chi connectivity index (χ0v) is 13.8. The van der Waals surface area contributed by atoms with Crippen LogP contribution in [-0.4, -0.2) is 4.57 Å². The van der Waals surface area contributed by atoms with Crippen molar-refractivity contribution in [1.82, 2.24) is 4.57 Å². The van der Waals surface area contributed by atoms with Crippen LogP contribution >= 0.6 is 22.6 Å². The Morgan fingerprint density at radius 1 is 0.762 bits per heavy atom. The summed E-state index contributed by atoms with van der Waals surface area (Å²) in [6.45, 7) is 2.19. The second-order valence-electron chi connectivity index (χ2n) is 5.28.